The molecule has 0 aliphatic rings. The molecule has 0 saturated carbocycles. The molecule has 24 heavy (non-hydrogen) atoms. The molecule has 0 spiro atoms. The Morgan fingerprint density at radius 3 is 2.88 bits per heavy atom. The number of thioether (sulfide) groups is 1. The quantitative estimate of drug-likeness (QED) is 0.733. The van der Waals surface area contributed by atoms with E-state index in [1.54, 1.807) is 11.6 Å². The molecule has 0 saturated heterocycles. The molecule has 2 aromatic rings. The Hall–Kier alpha value is -1.87. The summed E-state index contributed by atoms with van der Waals surface area (Å²) in [5, 5.41) is 13.4. The highest BCUT2D eigenvalue weighted by Crippen LogP contribution is 2.12. The highest BCUT2D eigenvalue weighted by molar-refractivity contribution is 7.99. The molecule has 2 rings (SSSR count). The van der Waals surface area contributed by atoms with Crippen LogP contribution in [0.2, 0.25) is 0 Å². The number of rotatable bonds is 8. The van der Waals surface area contributed by atoms with Gasteiger partial charge in [0.05, 0.1) is 11.4 Å². The van der Waals surface area contributed by atoms with Crippen LogP contribution in [0.15, 0.2) is 22.4 Å². The maximum Gasteiger partial charge on any atom is 0.326 e. The number of carboxylic acid groups (broad SMARTS) is 1. The number of carbonyl (C=O) groups excluding carboxylic acids is 1. The van der Waals surface area contributed by atoms with Crippen molar-refractivity contribution in [3.05, 3.63) is 33.7 Å². The van der Waals surface area contributed by atoms with Gasteiger partial charge in [0.1, 0.15) is 6.04 Å². The topological polar surface area (TPSA) is 101 Å². The predicted octanol–water partition coefficient (Wildman–Crippen LogP) is 1.60. The van der Waals surface area contributed by atoms with Crippen LogP contribution in [0.1, 0.15) is 26.0 Å². The Kier molecular flexibility index (Phi) is 6.38. The maximum absolute atomic E-state index is 11.9. The van der Waals surface area contributed by atoms with Gasteiger partial charge in [-0.05, 0) is 12.3 Å². The summed E-state index contributed by atoms with van der Waals surface area (Å²) in [5.41, 5.74) is 0.460. The normalized spacial score (nSPS) is 12.5. The maximum atomic E-state index is 11.9. The number of carbonyl (C=O) groups is 2. The fourth-order valence-electron chi connectivity index (χ4n) is 2.14. The third-order valence-corrected chi connectivity index (χ3v) is 4.90. The summed E-state index contributed by atoms with van der Waals surface area (Å²) in [5.74, 6) is -0.651. The molecule has 0 radical (unpaired) electrons. The van der Waals surface area contributed by atoms with Gasteiger partial charge in [-0.3, -0.25) is 14.0 Å². The molecule has 0 aromatic carbocycles. The summed E-state index contributed by atoms with van der Waals surface area (Å²) in [6.07, 6.45) is 2.06. The molecule has 0 unspecified atom stereocenters. The van der Waals surface area contributed by atoms with Crippen LogP contribution < -0.4 is 10.9 Å². The minimum Gasteiger partial charge on any atom is -0.480 e. The van der Waals surface area contributed by atoms with E-state index in [0.29, 0.717) is 22.8 Å². The zero-order chi connectivity index (χ0) is 17.7. The van der Waals surface area contributed by atoms with E-state index in [2.05, 4.69) is 10.3 Å². The molecule has 2 aromatic heterocycles. The molecule has 0 bridgehead atoms. The minimum atomic E-state index is -1.03. The van der Waals surface area contributed by atoms with Crippen LogP contribution in [0.5, 0.6) is 0 Å². The largest absolute Gasteiger partial charge is 0.480 e. The SMILES string of the molecule is CC(C)C[C@@H](NC(=O)CSCc1cc(=O)n2ccsc2n1)C(=O)O. The van der Waals surface area contributed by atoms with E-state index in [1.165, 1.54) is 33.6 Å². The number of nitrogens with one attached hydrogen (secondary N) is 1. The Balaban J connectivity index is 1.87. The number of amides is 1. The predicted molar refractivity (Wildman–Crippen MR) is 94.5 cm³/mol. The highest BCUT2D eigenvalue weighted by atomic mass is 32.2. The molecule has 1 atom stereocenters. The van der Waals surface area contributed by atoms with Crippen molar-refractivity contribution in [2.45, 2.75) is 32.1 Å². The average Bonchev–Trinajstić information content (AvgIpc) is 2.95. The smallest absolute Gasteiger partial charge is 0.326 e. The number of nitrogens with zero attached hydrogens (tertiary/aromatic N) is 2. The van der Waals surface area contributed by atoms with E-state index in [9.17, 15) is 14.4 Å². The third kappa shape index (κ3) is 5.07. The molecule has 0 fully saturated rings. The number of hydrogen-bond acceptors (Lipinski definition) is 6. The number of carboxylic acids is 1. The van der Waals surface area contributed by atoms with Gasteiger partial charge in [0.2, 0.25) is 5.91 Å². The third-order valence-electron chi connectivity index (χ3n) is 3.18. The lowest BCUT2D eigenvalue weighted by Gasteiger charge is -2.16. The van der Waals surface area contributed by atoms with Gasteiger partial charge in [0, 0.05) is 23.4 Å². The van der Waals surface area contributed by atoms with Crippen LogP contribution in [-0.4, -0.2) is 38.2 Å². The van der Waals surface area contributed by atoms with Gasteiger partial charge in [-0.2, -0.15) is 0 Å². The van der Waals surface area contributed by atoms with E-state index >= 15 is 0 Å². The van der Waals surface area contributed by atoms with E-state index in [0.717, 1.165) is 0 Å². The van der Waals surface area contributed by atoms with Gasteiger partial charge in [-0.15, -0.1) is 23.1 Å². The Morgan fingerprint density at radius 1 is 1.46 bits per heavy atom. The first-order chi connectivity index (χ1) is 11.4. The van der Waals surface area contributed by atoms with Crippen LogP contribution in [0.4, 0.5) is 0 Å². The van der Waals surface area contributed by atoms with E-state index in [-0.39, 0.29) is 23.1 Å². The van der Waals surface area contributed by atoms with Gasteiger partial charge in [-0.1, -0.05) is 13.8 Å². The van der Waals surface area contributed by atoms with Crippen molar-refractivity contribution in [2.75, 3.05) is 5.75 Å². The molecule has 130 valence electrons. The second-order valence-corrected chi connectivity index (χ2v) is 7.58. The van der Waals surface area contributed by atoms with Crippen LogP contribution >= 0.6 is 23.1 Å². The molecule has 0 aliphatic heterocycles. The summed E-state index contributed by atoms with van der Waals surface area (Å²) in [6.45, 7) is 3.81. The van der Waals surface area contributed by atoms with Crippen molar-refractivity contribution in [2.24, 2.45) is 5.92 Å². The first kappa shape index (κ1) is 18.5. The van der Waals surface area contributed by atoms with Gasteiger partial charge in [-0.25, -0.2) is 9.78 Å². The molecule has 9 heteroatoms. The van der Waals surface area contributed by atoms with Crippen molar-refractivity contribution >= 4 is 39.9 Å². The average molecular weight is 369 g/mol. The lowest BCUT2D eigenvalue weighted by atomic mass is 10.0. The van der Waals surface area contributed by atoms with Crippen LogP contribution in [0.3, 0.4) is 0 Å². The fraction of sp³-hybridized carbons (Fsp3) is 0.467. The second kappa shape index (κ2) is 8.29. The number of fused-ring (bicyclic) bond motifs is 1. The highest BCUT2D eigenvalue weighted by Gasteiger charge is 2.20. The van der Waals surface area contributed by atoms with Crippen molar-refractivity contribution < 1.29 is 14.7 Å². The molecular weight excluding hydrogens is 350 g/mol. The number of aromatic nitrogens is 2. The molecule has 2 heterocycles. The Bertz CT molecular complexity index is 784. The van der Waals surface area contributed by atoms with E-state index < -0.39 is 12.0 Å². The zero-order valence-electron chi connectivity index (χ0n) is 13.4. The van der Waals surface area contributed by atoms with Gasteiger partial charge >= 0.3 is 5.97 Å². The van der Waals surface area contributed by atoms with Crippen molar-refractivity contribution in [1.29, 1.82) is 0 Å². The van der Waals surface area contributed by atoms with E-state index in [4.69, 9.17) is 5.11 Å². The van der Waals surface area contributed by atoms with Crippen molar-refractivity contribution in [1.82, 2.24) is 14.7 Å². The Morgan fingerprint density at radius 2 is 2.21 bits per heavy atom. The molecular formula is C15H19N3O4S2. The second-order valence-electron chi connectivity index (χ2n) is 5.72. The summed E-state index contributed by atoms with van der Waals surface area (Å²) < 4.78 is 1.47. The summed E-state index contributed by atoms with van der Waals surface area (Å²) in [6, 6.07) is 0.576. The lowest BCUT2D eigenvalue weighted by Crippen LogP contribution is -2.42. The molecule has 0 aliphatic carbocycles. The first-order valence-corrected chi connectivity index (χ1v) is 9.46. The molecule has 7 nitrogen and oxygen atoms in total. The van der Waals surface area contributed by atoms with Crippen molar-refractivity contribution in [3.63, 3.8) is 0 Å². The summed E-state index contributed by atoms with van der Waals surface area (Å²) in [4.78, 5) is 39.9. The first-order valence-electron chi connectivity index (χ1n) is 7.42. The van der Waals surface area contributed by atoms with E-state index in [1.807, 2.05) is 13.8 Å². The van der Waals surface area contributed by atoms with Gasteiger partial charge in [0.15, 0.2) is 4.96 Å². The number of hydrogen-bond donors (Lipinski definition) is 2. The molecule has 1 amide bonds. The summed E-state index contributed by atoms with van der Waals surface area (Å²) in [7, 11) is 0. The van der Waals surface area contributed by atoms with Crippen LogP contribution in [0.25, 0.3) is 4.96 Å². The van der Waals surface area contributed by atoms with Gasteiger partial charge in [0.25, 0.3) is 5.56 Å². The lowest BCUT2D eigenvalue weighted by molar-refractivity contribution is -0.141. The van der Waals surface area contributed by atoms with Crippen LogP contribution in [-0.2, 0) is 15.3 Å². The standard InChI is InChI=1S/C15H19N3O4S2/c1-9(2)5-11(14(21)22)17-12(19)8-23-7-10-6-13(20)18-3-4-24-15(18)16-10/h3-4,6,9,11H,5,7-8H2,1-2H3,(H,17,19)(H,21,22)/t11-/m1/s1. The molecule has 2 N–H and O–H groups in total. The summed E-state index contributed by atoms with van der Waals surface area (Å²) >= 11 is 2.67. The van der Waals surface area contributed by atoms with Crippen LogP contribution in [0, 0.1) is 5.92 Å². The number of thiazole rings is 1. The van der Waals surface area contributed by atoms with Crippen molar-refractivity contribution in [3.8, 4) is 0 Å². The Labute approximate surface area is 147 Å². The number of aliphatic carboxylic acids is 1. The zero-order valence-corrected chi connectivity index (χ0v) is 15.0. The fourth-order valence-corrected chi connectivity index (χ4v) is 3.61. The monoisotopic (exact) mass is 369 g/mol. The van der Waals surface area contributed by atoms with Gasteiger partial charge < -0.3 is 10.4 Å². The minimum absolute atomic E-state index is 0.118.